The second-order valence-corrected chi connectivity index (χ2v) is 7.06. The number of hydrogen-bond donors (Lipinski definition) is 3. The maximum atomic E-state index is 12.5. The molecule has 3 aromatic carbocycles. The number of carbonyl (C=O) groups is 1. The fourth-order valence-electron chi connectivity index (χ4n) is 3.78. The normalized spacial score (nSPS) is 17.4. The van der Waals surface area contributed by atoms with Gasteiger partial charge in [-0.05, 0) is 35.4 Å². The van der Waals surface area contributed by atoms with Crippen LogP contribution in [0.5, 0.6) is 5.75 Å². The molecule has 3 aromatic rings. The number of rotatable bonds is 3. The van der Waals surface area contributed by atoms with Crippen LogP contribution in [0.3, 0.4) is 0 Å². The van der Waals surface area contributed by atoms with E-state index in [1.807, 2.05) is 78.9 Å². The molecule has 2 heterocycles. The van der Waals surface area contributed by atoms with Crippen LogP contribution in [0.1, 0.15) is 17.2 Å². The molecule has 1 fully saturated rings. The number of amidine groups is 1. The lowest BCUT2D eigenvalue weighted by Crippen LogP contribution is -2.50. The zero-order valence-corrected chi connectivity index (χ0v) is 16.3. The molecule has 5 rings (SSSR count). The molecule has 0 saturated carbocycles. The highest BCUT2D eigenvalue weighted by molar-refractivity contribution is 6.18. The summed E-state index contributed by atoms with van der Waals surface area (Å²) in [4.78, 5) is 17.3. The van der Waals surface area contributed by atoms with Gasteiger partial charge in [0.25, 0.3) is 0 Å². The first kappa shape index (κ1) is 18.0. The van der Waals surface area contributed by atoms with Crippen LogP contribution in [0.2, 0.25) is 0 Å². The molecular formula is C24H20N4O2. The van der Waals surface area contributed by atoms with Crippen LogP contribution in [0.15, 0.2) is 89.4 Å². The predicted molar refractivity (Wildman–Crippen MR) is 118 cm³/mol. The zero-order valence-electron chi connectivity index (χ0n) is 16.3. The SMILES string of the molecule is COc1ccc([C@H]2NC(=O)NC3=Nc4ccccc4NC(c4ccccc4)=C32)cc1. The van der Waals surface area contributed by atoms with Crippen molar-refractivity contribution >= 4 is 28.9 Å². The fourth-order valence-corrected chi connectivity index (χ4v) is 3.78. The Morgan fingerprint density at radius 2 is 1.60 bits per heavy atom. The van der Waals surface area contributed by atoms with Crippen molar-refractivity contribution in [2.24, 2.45) is 4.99 Å². The molecule has 2 aliphatic heterocycles. The van der Waals surface area contributed by atoms with E-state index in [0.717, 1.165) is 39.5 Å². The first-order valence-electron chi connectivity index (χ1n) is 9.69. The number of benzene rings is 3. The summed E-state index contributed by atoms with van der Waals surface area (Å²) in [6.07, 6.45) is 0. The van der Waals surface area contributed by atoms with E-state index in [1.165, 1.54) is 0 Å². The van der Waals surface area contributed by atoms with Gasteiger partial charge in [-0.3, -0.25) is 5.32 Å². The van der Waals surface area contributed by atoms with Gasteiger partial charge in [-0.2, -0.15) is 0 Å². The lowest BCUT2D eigenvalue weighted by atomic mass is 9.92. The van der Waals surface area contributed by atoms with Crippen molar-refractivity contribution in [3.05, 3.63) is 95.6 Å². The lowest BCUT2D eigenvalue weighted by Gasteiger charge is -2.30. The molecule has 30 heavy (non-hydrogen) atoms. The van der Waals surface area contributed by atoms with E-state index in [0.29, 0.717) is 5.84 Å². The van der Waals surface area contributed by atoms with E-state index >= 15 is 0 Å². The van der Waals surface area contributed by atoms with Crippen molar-refractivity contribution in [3.63, 3.8) is 0 Å². The molecule has 0 aliphatic carbocycles. The molecular weight excluding hydrogens is 376 g/mol. The van der Waals surface area contributed by atoms with Crippen LogP contribution in [-0.2, 0) is 0 Å². The van der Waals surface area contributed by atoms with Gasteiger partial charge < -0.3 is 15.4 Å². The van der Waals surface area contributed by atoms with E-state index in [-0.39, 0.29) is 12.1 Å². The van der Waals surface area contributed by atoms with Crippen molar-refractivity contribution in [1.82, 2.24) is 10.6 Å². The van der Waals surface area contributed by atoms with Gasteiger partial charge in [-0.15, -0.1) is 0 Å². The summed E-state index contributed by atoms with van der Waals surface area (Å²) in [5, 5.41) is 9.51. The number of carbonyl (C=O) groups excluding carboxylic acids is 1. The largest absolute Gasteiger partial charge is 0.497 e. The maximum Gasteiger partial charge on any atom is 0.321 e. The van der Waals surface area contributed by atoms with Crippen molar-refractivity contribution in [2.75, 3.05) is 12.4 Å². The smallest absolute Gasteiger partial charge is 0.321 e. The van der Waals surface area contributed by atoms with Gasteiger partial charge >= 0.3 is 6.03 Å². The number of para-hydroxylation sites is 2. The first-order valence-corrected chi connectivity index (χ1v) is 9.69. The maximum absolute atomic E-state index is 12.5. The third-order valence-electron chi connectivity index (χ3n) is 5.23. The van der Waals surface area contributed by atoms with Crippen molar-refractivity contribution in [1.29, 1.82) is 0 Å². The average molecular weight is 396 g/mol. The third-order valence-corrected chi connectivity index (χ3v) is 5.23. The van der Waals surface area contributed by atoms with Gasteiger partial charge in [-0.1, -0.05) is 54.6 Å². The van der Waals surface area contributed by atoms with E-state index in [1.54, 1.807) is 7.11 Å². The quantitative estimate of drug-likeness (QED) is 0.605. The summed E-state index contributed by atoms with van der Waals surface area (Å²) in [6.45, 7) is 0. The second-order valence-electron chi connectivity index (χ2n) is 7.06. The number of hydrogen-bond acceptors (Lipinski definition) is 4. The standard InChI is InChI=1S/C24H20N4O2/c1-30-17-13-11-16(12-14-17)22-20-21(15-7-3-2-4-8-15)25-18-9-5-6-10-19(18)26-23(20)28-24(29)27-22/h2-14,22,25H,1H3,(H2,26,27,28,29)/t22-/m1/s1. The predicted octanol–water partition coefficient (Wildman–Crippen LogP) is 4.62. The van der Waals surface area contributed by atoms with Gasteiger partial charge in [0, 0.05) is 5.57 Å². The molecule has 1 saturated heterocycles. The Hall–Kier alpha value is -4.06. The zero-order chi connectivity index (χ0) is 20.5. The molecule has 0 radical (unpaired) electrons. The number of amides is 2. The minimum Gasteiger partial charge on any atom is -0.497 e. The summed E-state index contributed by atoms with van der Waals surface area (Å²) >= 11 is 0. The average Bonchev–Trinajstić information content (AvgIpc) is 2.95. The van der Waals surface area contributed by atoms with E-state index in [2.05, 4.69) is 16.0 Å². The molecule has 0 spiro atoms. The number of ether oxygens (including phenoxy) is 1. The van der Waals surface area contributed by atoms with Gasteiger partial charge in [0.05, 0.1) is 30.2 Å². The number of nitrogens with zero attached hydrogens (tertiary/aromatic N) is 1. The van der Waals surface area contributed by atoms with Crippen LogP contribution < -0.4 is 20.7 Å². The molecule has 2 aliphatic rings. The Morgan fingerprint density at radius 1 is 0.867 bits per heavy atom. The minimum absolute atomic E-state index is 0.287. The number of anilines is 1. The topological polar surface area (TPSA) is 74.8 Å². The van der Waals surface area contributed by atoms with Gasteiger partial charge in [0.2, 0.25) is 0 Å². The van der Waals surface area contributed by atoms with Crippen LogP contribution in [0.4, 0.5) is 16.2 Å². The Morgan fingerprint density at radius 3 is 2.37 bits per heavy atom. The Bertz CT molecular complexity index is 1170. The molecule has 1 atom stereocenters. The number of fused-ring (bicyclic) bond motifs is 2. The van der Waals surface area contributed by atoms with Crippen molar-refractivity contribution in [2.45, 2.75) is 6.04 Å². The van der Waals surface area contributed by atoms with E-state index in [4.69, 9.17) is 9.73 Å². The molecule has 2 amide bonds. The van der Waals surface area contributed by atoms with E-state index < -0.39 is 0 Å². The molecule has 6 heteroatoms. The Balaban J connectivity index is 1.74. The number of urea groups is 1. The highest BCUT2D eigenvalue weighted by Crippen LogP contribution is 2.39. The number of methoxy groups -OCH3 is 1. The highest BCUT2D eigenvalue weighted by Gasteiger charge is 2.34. The Kier molecular flexibility index (Phi) is 4.44. The lowest BCUT2D eigenvalue weighted by molar-refractivity contribution is 0.241. The van der Waals surface area contributed by atoms with Crippen LogP contribution in [0, 0.1) is 0 Å². The molecule has 0 aromatic heterocycles. The van der Waals surface area contributed by atoms with Crippen molar-refractivity contribution in [3.8, 4) is 5.75 Å². The number of aliphatic imine (C=N–C) groups is 1. The van der Waals surface area contributed by atoms with Crippen molar-refractivity contribution < 1.29 is 9.53 Å². The van der Waals surface area contributed by atoms with Gasteiger partial charge in [-0.25, -0.2) is 9.79 Å². The molecule has 148 valence electrons. The van der Waals surface area contributed by atoms with Crippen LogP contribution in [-0.4, -0.2) is 19.0 Å². The summed E-state index contributed by atoms with van der Waals surface area (Å²) < 4.78 is 5.29. The van der Waals surface area contributed by atoms with Crippen LogP contribution >= 0.6 is 0 Å². The minimum atomic E-state index is -0.375. The molecule has 0 bridgehead atoms. The summed E-state index contributed by atoms with van der Waals surface area (Å²) in [6, 6.07) is 24.9. The summed E-state index contributed by atoms with van der Waals surface area (Å²) in [5.74, 6) is 1.30. The van der Waals surface area contributed by atoms with E-state index in [9.17, 15) is 4.79 Å². The highest BCUT2D eigenvalue weighted by atomic mass is 16.5. The second kappa shape index (κ2) is 7.40. The monoisotopic (exact) mass is 396 g/mol. The number of nitrogens with one attached hydrogen (secondary N) is 3. The third kappa shape index (κ3) is 3.18. The first-order chi connectivity index (χ1) is 14.7. The van der Waals surface area contributed by atoms with Gasteiger partial charge in [0.15, 0.2) is 0 Å². The molecule has 6 nitrogen and oxygen atoms in total. The molecule has 0 unspecified atom stereocenters. The summed E-state index contributed by atoms with van der Waals surface area (Å²) in [7, 11) is 1.63. The molecule has 3 N–H and O–H groups in total. The Labute approximate surface area is 174 Å². The fraction of sp³-hybridized carbons (Fsp3) is 0.0833. The van der Waals surface area contributed by atoms with Crippen LogP contribution in [0.25, 0.3) is 5.70 Å². The summed E-state index contributed by atoms with van der Waals surface area (Å²) in [5.41, 5.74) is 5.37. The van der Waals surface area contributed by atoms with Gasteiger partial charge in [0.1, 0.15) is 11.6 Å².